The second kappa shape index (κ2) is 5.29. The number of amides is 2. The predicted molar refractivity (Wildman–Crippen MR) is 70.0 cm³/mol. The molecule has 2 fully saturated rings. The van der Waals surface area contributed by atoms with Gasteiger partial charge >= 0.3 is 0 Å². The molecule has 0 saturated carbocycles. The van der Waals surface area contributed by atoms with Crippen LogP contribution in [0, 0.1) is 0 Å². The Labute approximate surface area is 109 Å². The third-order valence-electron chi connectivity index (χ3n) is 4.28. The van der Waals surface area contributed by atoms with E-state index in [-0.39, 0.29) is 29.9 Å². The zero-order valence-electron chi connectivity index (χ0n) is 11.7. The number of hydrogen-bond donors (Lipinski definition) is 0. The molecule has 2 aliphatic rings. The third kappa shape index (κ3) is 2.13. The van der Waals surface area contributed by atoms with Crippen molar-refractivity contribution in [3.8, 4) is 0 Å². The van der Waals surface area contributed by atoms with Gasteiger partial charge in [-0.1, -0.05) is 13.3 Å². The van der Waals surface area contributed by atoms with Gasteiger partial charge in [0.2, 0.25) is 11.8 Å². The summed E-state index contributed by atoms with van der Waals surface area (Å²) in [4.78, 5) is 28.6. The lowest BCUT2D eigenvalue weighted by Gasteiger charge is -2.48. The maximum absolute atomic E-state index is 12.6. The number of piperidine rings is 1. The van der Waals surface area contributed by atoms with E-state index in [1.807, 2.05) is 16.7 Å². The van der Waals surface area contributed by atoms with Gasteiger partial charge in [0.05, 0.1) is 0 Å². The van der Waals surface area contributed by atoms with E-state index in [4.69, 9.17) is 0 Å². The van der Waals surface area contributed by atoms with Crippen LogP contribution in [-0.2, 0) is 9.59 Å². The molecule has 2 heterocycles. The summed E-state index contributed by atoms with van der Waals surface area (Å²) < 4.78 is 0. The summed E-state index contributed by atoms with van der Waals surface area (Å²) in [6, 6.07) is -0.291. The van der Waals surface area contributed by atoms with Crippen LogP contribution in [0.5, 0.6) is 0 Å². The summed E-state index contributed by atoms with van der Waals surface area (Å²) in [5.74, 6) is 0.310. The topological polar surface area (TPSA) is 40.6 Å². The molecule has 0 radical (unpaired) electrons. The van der Waals surface area contributed by atoms with Crippen LogP contribution in [0.4, 0.5) is 0 Å². The van der Waals surface area contributed by atoms with Crippen LogP contribution in [-0.4, -0.2) is 46.3 Å². The molecule has 102 valence electrons. The van der Waals surface area contributed by atoms with Crippen molar-refractivity contribution in [3.63, 3.8) is 0 Å². The second-order valence-electron chi connectivity index (χ2n) is 5.60. The van der Waals surface area contributed by atoms with Gasteiger partial charge in [0.1, 0.15) is 12.1 Å². The van der Waals surface area contributed by atoms with Crippen molar-refractivity contribution in [2.45, 2.75) is 71.0 Å². The van der Waals surface area contributed by atoms with E-state index >= 15 is 0 Å². The van der Waals surface area contributed by atoms with Crippen LogP contribution in [0.2, 0.25) is 0 Å². The number of carbonyl (C=O) groups is 2. The first-order chi connectivity index (χ1) is 8.57. The van der Waals surface area contributed by atoms with Crippen LogP contribution in [0.1, 0.15) is 52.9 Å². The fourth-order valence-electron chi connectivity index (χ4n) is 3.33. The minimum atomic E-state index is -0.284. The number of carbonyl (C=O) groups excluding carboxylic acids is 2. The maximum Gasteiger partial charge on any atom is 0.246 e. The molecule has 0 aromatic carbocycles. The minimum Gasteiger partial charge on any atom is -0.329 e. The molecule has 0 bridgehead atoms. The lowest BCUT2D eigenvalue weighted by Crippen LogP contribution is -2.66. The van der Waals surface area contributed by atoms with Crippen LogP contribution in [0.3, 0.4) is 0 Å². The Bertz CT molecular complexity index is 343. The van der Waals surface area contributed by atoms with Gasteiger partial charge in [-0.2, -0.15) is 0 Å². The summed E-state index contributed by atoms with van der Waals surface area (Å²) in [5, 5.41) is 0. The molecule has 4 heteroatoms. The Morgan fingerprint density at radius 1 is 1.28 bits per heavy atom. The number of hydrogen-bond acceptors (Lipinski definition) is 2. The first-order valence-corrected chi connectivity index (χ1v) is 7.20. The van der Waals surface area contributed by atoms with E-state index in [0.717, 1.165) is 38.6 Å². The van der Waals surface area contributed by atoms with Crippen molar-refractivity contribution in [3.05, 3.63) is 0 Å². The number of nitrogens with zero attached hydrogens (tertiary/aromatic N) is 2. The smallest absolute Gasteiger partial charge is 0.246 e. The van der Waals surface area contributed by atoms with Gasteiger partial charge < -0.3 is 9.80 Å². The van der Waals surface area contributed by atoms with Crippen molar-refractivity contribution in [1.82, 2.24) is 9.80 Å². The summed E-state index contributed by atoms with van der Waals surface area (Å²) in [5.41, 5.74) is 0. The molecule has 0 spiro atoms. The fourth-order valence-corrected chi connectivity index (χ4v) is 3.33. The monoisotopic (exact) mass is 252 g/mol. The van der Waals surface area contributed by atoms with Gasteiger partial charge in [0.25, 0.3) is 0 Å². The largest absolute Gasteiger partial charge is 0.329 e. The predicted octanol–water partition coefficient (Wildman–Crippen LogP) is 1.79. The molecule has 2 saturated heterocycles. The van der Waals surface area contributed by atoms with Crippen molar-refractivity contribution in [1.29, 1.82) is 0 Å². The summed E-state index contributed by atoms with van der Waals surface area (Å²) in [6.45, 7) is 6.81. The molecule has 4 nitrogen and oxygen atoms in total. The average molecular weight is 252 g/mol. The Kier molecular flexibility index (Phi) is 3.93. The molecule has 0 aromatic heterocycles. The third-order valence-corrected chi connectivity index (χ3v) is 4.28. The van der Waals surface area contributed by atoms with Crippen molar-refractivity contribution in [2.24, 2.45) is 0 Å². The first-order valence-electron chi connectivity index (χ1n) is 7.20. The molecule has 2 amide bonds. The molecule has 0 aromatic rings. The van der Waals surface area contributed by atoms with Crippen molar-refractivity contribution < 1.29 is 9.59 Å². The Hall–Kier alpha value is -1.06. The molecular weight excluding hydrogens is 228 g/mol. The van der Waals surface area contributed by atoms with Crippen LogP contribution < -0.4 is 0 Å². The highest BCUT2D eigenvalue weighted by Crippen LogP contribution is 2.28. The van der Waals surface area contributed by atoms with Gasteiger partial charge in [0.15, 0.2) is 0 Å². The molecule has 2 rings (SSSR count). The summed E-state index contributed by atoms with van der Waals surface area (Å²) >= 11 is 0. The number of fused-ring (bicyclic) bond motifs is 1. The standard InChI is InChI=1S/C14H24N2O2/c1-4-7-10(2)16-11(3)13(17)15-9-6-5-8-12(15)14(16)18/h10-12H,4-9H2,1-3H3. The zero-order chi connectivity index (χ0) is 13.3. The van der Waals surface area contributed by atoms with E-state index in [0.29, 0.717) is 0 Å². The van der Waals surface area contributed by atoms with E-state index in [1.54, 1.807) is 0 Å². The summed E-state index contributed by atoms with van der Waals surface area (Å²) in [6.07, 6.45) is 4.94. The number of rotatable bonds is 3. The van der Waals surface area contributed by atoms with Gasteiger partial charge in [-0.05, 0) is 39.5 Å². The second-order valence-corrected chi connectivity index (χ2v) is 5.60. The first kappa shape index (κ1) is 13.4. The van der Waals surface area contributed by atoms with Crippen molar-refractivity contribution >= 4 is 11.8 Å². The molecule has 3 unspecified atom stereocenters. The highest BCUT2D eigenvalue weighted by molar-refractivity contribution is 5.97. The highest BCUT2D eigenvalue weighted by Gasteiger charge is 2.45. The Morgan fingerprint density at radius 3 is 2.67 bits per heavy atom. The maximum atomic E-state index is 12.6. The Balaban J connectivity index is 2.21. The lowest BCUT2D eigenvalue weighted by atomic mass is 9.94. The average Bonchev–Trinajstić information content (AvgIpc) is 2.37. The molecule has 3 atom stereocenters. The van der Waals surface area contributed by atoms with Gasteiger partial charge in [0, 0.05) is 12.6 Å². The SMILES string of the molecule is CCCC(C)N1C(=O)C2CCCCN2C(=O)C1C. The van der Waals surface area contributed by atoms with E-state index < -0.39 is 0 Å². The van der Waals surface area contributed by atoms with Gasteiger partial charge in [-0.15, -0.1) is 0 Å². The van der Waals surface area contributed by atoms with Crippen LogP contribution in [0.15, 0.2) is 0 Å². The fraction of sp³-hybridized carbons (Fsp3) is 0.857. The van der Waals surface area contributed by atoms with Crippen LogP contribution >= 0.6 is 0 Å². The zero-order valence-corrected chi connectivity index (χ0v) is 11.7. The van der Waals surface area contributed by atoms with E-state index in [1.165, 1.54) is 0 Å². The van der Waals surface area contributed by atoms with E-state index in [2.05, 4.69) is 13.8 Å². The Morgan fingerprint density at radius 2 is 2.00 bits per heavy atom. The molecule has 0 aliphatic carbocycles. The van der Waals surface area contributed by atoms with Gasteiger partial charge in [-0.25, -0.2) is 0 Å². The summed E-state index contributed by atoms with van der Waals surface area (Å²) in [7, 11) is 0. The minimum absolute atomic E-state index is 0.141. The highest BCUT2D eigenvalue weighted by atomic mass is 16.2. The molecule has 18 heavy (non-hydrogen) atoms. The van der Waals surface area contributed by atoms with E-state index in [9.17, 15) is 9.59 Å². The van der Waals surface area contributed by atoms with Crippen LogP contribution in [0.25, 0.3) is 0 Å². The lowest BCUT2D eigenvalue weighted by molar-refractivity contribution is -0.165. The quantitative estimate of drug-likeness (QED) is 0.768. The van der Waals surface area contributed by atoms with Crippen molar-refractivity contribution in [2.75, 3.05) is 6.54 Å². The number of piperazine rings is 1. The molecular formula is C14H24N2O2. The van der Waals surface area contributed by atoms with Gasteiger partial charge in [-0.3, -0.25) is 9.59 Å². The normalized spacial score (nSPS) is 30.4. The molecule has 2 aliphatic heterocycles. The molecule has 0 N–H and O–H groups in total.